The van der Waals surface area contributed by atoms with Crippen LogP contribution in [0.3, 0.4) is 0 Å². The minimum Gasteiger partial charge on any atom is -0.489 e. The van der Waals surface area contributed by atoms with Crippen LogP contribution in [0.25, 0.3) is 0 Å². The molecule has 218 valence electrons. The molecule has 0 aliphatic carbocycles. The third-order valence-electron chi connectivity index (χ3n) is 6.49. The van der Waals surface area contributed by atoms with Crippen molar-refractivity contribution in [3.05, 3.63) is 129 Å². The summed E-state index contributed by atoms with van der Waals surface area (Å²) in [5.74, 6) is 1.65. The Hall–Kier alpha value is -5.60. The molecule has 4 aromatic rings. The lowest BCUT2D eigenvalue weighted by Gasteiger charge is -2.12. The number of benzene rings is 4. The van der Waals surface area contributed by atoms with Crippen molar-refractivity contribution in [2.45, 2.75) is 40.9 Å². The van der Waals surface area contributed by atoms with Crippen molar-refractivity contribution in [2.75, 3.05) is 7.11 Å². The average molecular weight is 575 g/mol. The lowest BCUT2D eigenvalue weighted by molar-refractivity contribution is 0.214. The Kier molecular flexibility index (Phi) is 11.9. The first kappa shape index (κ1) is 31.9. The molecule has 0 radical (unpaired) electrons. The van der Waals surface area contributed by atoms with Crippen molar-refractivity contribution in [1.29, 1.82) is 10.5 Å². The molecule has 0 aliphatic heterocycles. The number of ether oxygens (including phenoxy) is 2. The molecule has 0 saturated carbocycles. The van der Waals surface area contributed by atoms with E-state index in [1.165, 1.54) is 7.11 Å². The van der Waals surface area contributed by atoms with E-state index in [1.54, 1.807) is 12.1 Å². The van der Waals surface area contributed by atoms with Gasteiger partial charge in [0, 0.05) is 11.1 Å². The van der Waals surface area contributed by atoms with Crippen LogP contribution in [0.5, 0.6) is 11.5 Å². The summed E-state index contributed by atoms with van der Waals surface area (Å²) in [6.45, 7) is 8.70. The Bertz CT molecular complexity index is 1700. The molecular formula is C35H34N4O4. The summed E-state index contributed by atoms with van der Waals surface area (Å²) in [5, 5.41) is 33.9. The van der Waals surface area contributed by atoms with E-state index < -0.39 is 0 Å². The van der Waals surface area contributed by atoms with Crippen LogP contribution in [-0.2, 0) is 18.1 Å². The zero-order valence-electron chi connectivity index (χ0n) is 25.0. The maximum absolute atomic E-state index is 9.20. The van der Waals surface area contributed by atoms with Gasteiger partial charge < -0.3 is 19.5 Å². The molecule has 4 rings (SSSR count). The van der Waals surface area contributed by atoms with E-state index in [1.807, 2.05) is 107 Å². The predicted molar refractivity (Wildman–Crippen MR) is 166 cm³/mol. The molecule has 0 saturated heterocycles. The van der Waals surface area contributed by atoms with Crippen molar-refractivity contribution in [1.82, 2.24) is 0 Å². The molecule has 4 aromatic carbocycles. The summed E-state index contributed by atoms with van der Waals surface area (Å²) in [6, 6.07) is 30.8. The standard InChI is InChI=1S/C18H18N2O2.C17H16N2O2/c1-13-8-9-14(2)18(10-13)22-12-15-6-4-5-7-16(15)17(11-19)20-21-3;1-12-7-8-13(2)17(9-12)21-11-14-5-3-4-6-15(14)16(10-18)19-20/h4-10H,12H2,1-3H3;3-9,20H,11H2,1-2H3. The summed E-state index contributed by atoms with van der Waals surface area (Å²) in [7, 11) is 1.42. The maximum Gasteiger partial charge on any atom is 0.187 e. The van der Waals surface area contributed by atoms with Gasteiger partial charge in [0.1, 0.15) is 44.0 Å². The summed E-state index contributed by atoms with van der Waals surface area (Å²) >= 11 is 0. The van der Waals surface area contributed by atoms with Gasteiger partial charge in [-0.05, 0) is 73.2 Å². The van der Waals surface area contributed by atoms with Crippen LogP contribution in [0.15, 0.2) is 95.2 Å². The molecule has 0 amide bonds. The van der Waals surface area contributed by atoms with Gasteiger partial charge in [-0.2, -0.15) is 10.5 Å². The number of oxime groups is 2. The van der Waals surface area contributed by atoms with Crippen molar-refractivity contribution < 1.29 is 19.5 Å². The second kappa shape index (κ2) is 16.0. The van der Waals surface area contributed by atoms with E-state index in [-0.39, 0.29) is 11.4 Å². The minimum atomic E-state index is -0.0184. The van der Waals surface area contributed by atoms with Gasteiger partial charge in [-0.3, -0.25) is 0 Å². The first-order chi connectivity index (χ1) is 20.8. The number of aryl methyl sites for hydroxylation is 4. The number of rotatable bonds is 9. The van der Waals surface area contributed by atoms with Gasteiger partial charge >= 0.3 is 0 Å². The zero-order valence-corrected chi connectivity index (χ0v) is 25.0. The monoisotopic (exact) mass is 574 g/mol. The molecule has 0 spiro atoms. The number of hydrogen-bond donors (Lipinski definition) is 1. The number of nitrogens with zero attached hydrogens (tertiary/aromatic N) is 4. The fourth-order valence-corrected chi connectivity index (χ4v) is 4.15. The average Bonchev–Trinajstić information content (AvgIpc) is 3.02. The first-order valence-corrected chi connectivity index (χ1v) is 13.5. The van der Waals surface area contributed by atoms with Crippen LogP contribution in [0.2, 0.25) is 0 Å². The van der Waals surface area contributed by atoms with Crippen LogP contribution >= 0.6 is 0 Å². The van der Waals surface area contributed by atoms with E-state index in [0.717, 1.165) is 50.4 Å². The molecule has 8 nitrogen and oxygen atoms in total. The lowest BCUT2D eigenvalue weighted by Crippen LogP contribution is -2.06. The Balaban J connectivity index is 0.000000236. The van der Waals surface area contributed by atoms with Crippen molar-refractivity contribution in [3.63, 3.8) is 0 Å². The fraction of sp³-hybridized carbons (Fsp3) is 0.200. The SMILES string of the molecule is CON=C(C#N)c1ccccc1COc1cc(C)ccc1C.Cc1ccc(C)c(OCc2ccccc2C(C#N)=NO)c1. The molecule has 0 aliphatic rings. The van der Waals surface area contributed by atoms with Gasteiger partial charge in [0.15, 0.2) is 11.4 Å². The van der Waals surface area contributed by atoms with Crippen LogP contribution < -0.4 is 9.47 Å². The number of hydrogen-bond acceptors (Lipinski definition) is 8. The molecular weight excluding hydrogens is 540 g/mol. The van der Waals surface area contributed by atoms with Gasteiger partial charge in [0.05, 0.1) is 0 Å². The van der Waals surface area contributed by atoms with E-state index in [0.29, 0.717) is 18.8 Å². The van der Waals surface area contributed by atoms with Crippen LogP contribution in [0.4, 0.5) is 0 Å². The van der Waals surface area contributed by atoms with Crippen molar-refractivity contribution in [3.8, 4) is 23.6 Å². The van der Waals surface area contributed by atoms with E-state index >= 15 is 0 Å². The van der Waals surface area contributed by atoms with E-state index in [2.05, 4.69) is 16.4 Å². The third-order valence-corrected chi connectivity index (χ3v) is 6.49. The van der Waals surface area contributed by atoms with Crippen molar-refractivity contribution in [2.24, 2.45) is 10.3 Å². The second-order valence-corrected chi connectivity index (χ2v) is 9.72. The molecule has 0 aromatic heterocycles. The minimum absolute atomic E-state index is 0.0184. The molecule has 0 fully saturated rings. The largest absolute Gasteiger partial charge is 0.489 e. The van der Waals surface area contributed by atoms with Gasteiger partial charge in [0.2, 0.25) is 0 Å². The van der Waals surface area contributed by atoms with E-state index in [4.69, 9.17) is 24.8 Å². The smallest absolute Gasteiger partial charge is 0.187 e. The second-order valence-electron chi connectivity index (χ2n) is 9.72. The third kappa shape index (κ3) is 8.94. The van der Waals surface area contributed by atoms with Gasteiger partial charge in [-0.25, -0.2) is 0 Å². The quantitative estimate of drug-likeness (QED) is 0.127. The highest BCUT2D eigenvalue weighted by Gasteiger charge is 2.12. The Morgan fingerprint density at radius 1 is 0.674 bits per heavy atom. The molecule has 8 heteroatoms. The highest BCUT2D eigenvalue weighted by atomic mass is 16.6. The highest BCUT2D eigenvalue weighted by Crippen LogP contribution is 2.23. The molecule has 0 bridgehead atoms. The van der Waals surface area contributed by atoms with Crippen LogP contribution in [0.1, 0.15) is 44.5 Å². The predicted octanol–water partition coefficient (Wildman–Crippen LogP) is 7.34. The van der Waals surface area contributed by atoms with E-state index in [9.17, 15) is 5.26 Å². The summed E-state index contributed by atoms with van der Waals surface area (Å²) < 4.78 is 11.7. The normalized spacial score (nSPS) is 11.0. The summed E-state index contributed by atoms with van der Waals surface area (Å²) in [5.41, 5.74) is 7.60. The first-order valence-electron chi connectivity index (χ1n) is 13.5. The van der Waals surface area contributed by atoms with Gasteiger partial charge in [-0.15, -0.1) is 0 Å². The van der Waals surface area contributed by atoms with Gasteiger partial charge in [-0.1, -0.05) is 83.1 Å². The zero-order chi connectivity index (χ0) is 31.2. The van der Waals surface area contributed by atoms with Crippen molar-refractivity contribution >= 4 is 11.4 Å². The van der Waals surface area contributed by atoms with Crippen LogP contribution in [-0.4, -0.2) is 23.7 Å². The number of nitriles is 2. The Labute approximate surface area is 252 Å². The topological polar surface area (TPSA) is 120 Å². The fourth-order valence-electron chi connectivity index (χ4n) is 4.15. The van der Waals surface area contributed by atoms with Crippen LogP contribution in [0, 0.1) is 50.4 Å². The molecule has 0 atom stereocenters. The molecule has 0 heterocycles. The molecule has 43 heavy (non-hydrogen) atoms. The maximum atomic E-state index is 9.20. The Morgan fingerprint density at radius 2 is 1.12 bits per heavy atom. The summed E-state index contributed by atoms with van der Waals surface area (Å²) in [6.07, 6.45) is 0. The molecule has 1 N–H and O–H groups in total. The highest BCUT2D eigenvalue weighted by molar-refractivity contribution is 6.12. The summed E-state index contributed by atoms with van der Waals surface area (Å²) in [4.78, 5) is 4.73. The Morgan fingerprint density at radius 3 is 1.53 bits per heavy atom. The molecule has 0 unspecified atom stereocenters. The lowest BCUT2D eigenvalue weighted by atomic mass is 10.0. The van der Waals surface area contributed by atoms with Gasteiger partial charge in [0.25, 0.3) is 0 Å².